The standard InChI is InChI=1S/C9H12IN3O/c1-13(10)9(14)12-8-4-2-3-7(5-8)6-11/h2-5H,6,11H2,1H3,(H,12,14). The Morgan fingerprint density at radius 3 is 2.93 bits per heavy atom. The molecular formula is C9H12IN3O. The number of carbonyl (C=O) groups excluding carboxylic acids is 1. The van der Waals surface area contributed by atoms with Crippen LogP contribution in [0.15, 0.2) is 24.3 Å². The van der Waals surface area contributed by atoms with Crippen molar-refractivity contribution in [2.75, 3.05) is 12.4 Å². The highest BCUT2D eigenvalue weighted by atomic mass is 127. The van der Waals surface area contributed by atoms with Crippen molar-refractivity contribution in [3.8, 4) is 0 Å². The molecule has 0 heterocycles. The van der Waals surface area contributed by atoms with E-state index in [9.17, 15) is 4.79 Å². The summed E-state index contributed by atoms with van der Waals surface area (Å²) in [6.45, 7) is 0.476. The van der Waals surface area contributed by atoms with E-state index in [2.05, 4.69) is 5.32 Å². The molecule has 0 aliphatic carbocycles. The number of benzene rings is 1. The zero-order valence-electron chi connectivity index (χ0n) is 7.83. The van der Waals surface area contributed by atoms with Crippen LogP contribution in [0.5, 0.6) is 0 Å². The summed E-state index contributed by atoms with van der Waals surface area (Å²) in [6.07, 6.45) is 0. The average Bonchev–Trinajstić information content (AvgIpc) is 2.18. The van der Waals surface area contributed by atoms with E-state index >= 15 is 0 Å². The Morgan fingerprint density at radius 1 is 1.64 bits per heavy atom. The third kappa shape index (κ3) is 3.15. The van der Waals surface area contributed by atoms with Gasteiger partial charge in [0.1, 0.15) is 0 Å². The molecule has 0 saturated heterocycles. The quantitative estimate of drug-likeness (QED) is 0.648. The van der Waals surface area contributed by atoms with Gasteiger partial charge in [0.15, 0.2) is 0 Å². The molecule has 0 spiro atoms. The van der Waals surface area contributed by atoms with Crippen molar-refractivity contribution in [1.82, 2.24) is 3.11 Å². The van der Waals surface area contributed by atoms with Gasteiger partial charge < -0.3 is 11.1 Å². The molecule has 3 N–H and O–H groups in total. The minimum absolute atomic E-state index is 0.153. The SMILES string of the molecule is CN(I)C(=O)Nc1cccc(CN)c1. The highest BCUT2D eigenvalue weighted by Crippen LogP contribution is 2.11. The molecule has 0 aromatic heterocycles. The summed E-state index contributed by atoms with van der Waals surface area (Å²) in [5.41, 5.74) is 7.25. The molecule has 0 saturated carbocycles. The lowest BCUT2D eigenvalue weighted by atomic mass is 10.2. The van der Waals surface area contributed by atoms with Crippen molar-refractivity contribution in [3.05, 3.63) is 29.8 Å². The summed E-state index contributed by atoms with van der Waals surface area (Å²) in [7, 11) is 1.68. The van der Waals surface area contributed by atoms with E-state index in [1.165, 1.54) is 3.11 Å². The van der Waals surface area contributed by atoms with E-state index in [1.54, 1.807) is 7.05 Å². The van der Waals surface area contributed by atoms with E-state index < -0.39 is 0 Å². The van der Waals surface area contributed by atoms with Crippen LogP contribution in [0.25, 0.3) is 0 Å². The maximum atomic E-state index is 11.3. The third-order valence-electron chi connectivity index (χ3n) is 1.69. The predicted molar refractivity (Wildman–Crippen MR) is 65.1 cm³/mol. The molecule has 2 amide bonds. The van der Waals surface area contributed by atoms with Gasteiger partial charge in [-0.05, 0) is 17.7 Å². The first kappa shape index (κ1) is 11.3. The molecule has 0 aliphatic heterocycles. The van der Waals surface area contributed by atoms with Crippen molar-refractivity contribution >= 4 is 34.6 Å². The molecule has 1 rings (SSSR count). The second-order valence-electron chi connectivity index (χ2n) is 2.81. The minimum Gasteiger partial charge on any atom is -0.326 e. The largest absolute Gasteiger partial charge is 0.330 e. The lowest BCUT2D eigenvalue weighted by Gasteiger charge is -2.10. The first-order chi connectivity index (χ1) is 6.63. The molecule has 0 aliphatic rings. The van der Waals surface area contributed by atoms with Crippen LogP contribution in [0.1, 0.15) is 5.56 Å². The highest BCUT2D eigenvalue weighted by Gasteiger charge is 2.04. The topological polar surface area (TPSA) is 58.4 Å². The summed E-state index contributed by atoms with van der Waals surface area (Å²) >= 11 is 1.91. The summed E-state index contributed by atoms with van der Waals surface area (Å²) in [6, 6.07) is 7.32. The van der Waals surface area contributed by atoms with Gasteiger partial charge in [-0.15, -0.1) is 0 Å². The van der Waals surface area contributed by atoms with E-state index in [0.717, 1.165) is 11.3 Å². The van der Waals surface area contributed by atoms with Crippen molar-refractivity contribution in [2.45, 2.75) is 6.54 Å². The maximum absolute atomic E-state index is 11.3. The molecule has 0 unspecified atom stereocenters. The molecule has 0 atom stereocenters. The van der Waals surface area contributed by atoms with Crippen LogP contribution in [-0.4, -0.2) is 16.2 Å². The lowest BCUT2D eigenvalue weighted by Crippen LogP contribution is -2.22. The monoisotopic (exact) mass is 305 g/mol. The molecular weight excluding hydrogens is 293 g/mol. The number of halogens is 1. The maximum Gasteiger partial charge on any atom is 0.330 e. The number of carbonyl (C=O) groups is 1. The normalized spacial score (nSPS) is 9.64. The number of hydrogen-bond acceptors (Lipinski definition) is 2. The van der Waals surface area contributed by atoms with Crippen LogP contribution in [0.2, 0.25) is 0 Å². The van der Waals surface area contributed by atoms with E-state index in [1.807, 2.05) is 47.1 Å². The fourth-order valence-electron chi connectivity index (χ4n) is 0.977. The molecule has 0 radical (unpaired) electrons. The van der Waals surface area contributed by atoms with Crippen LogP contribution in [-0.2, 0) is 6.54 Å². The van der Waals surface area contributed by atoms with Gasteiger partial charge in [0.05, 0.1) is 22.9 Å². The molecule has 4 nitrogen and oxygen atoms in total. The van der Waals surface area contributed by atoms with Gasteiger partial charge in [-0.3, -0.25) is 3.11 Å². The highest BCUT2D eigenvalue weighted by molar-refractivity contribution is 14.1. The number of rotatable bonds is 2. The van der Waals surface area contributed by atoms with Crippen LogP contribution >= 0.6 is 22.9 Å². The Morgan fingerprint density at radius 2 is 2.36 bits per heavy atom. The van der Waals surface area contributed by atoms with Crippen molar-refractivity contribution in [2.24, 2.45) is 5.73 Å². The molecule has 0 bridgehead atoms. The molecule has 14 heavy (non-hydrogen) atoms. The van der Waals surface area contributed by atoms with E-state index in [4.69, 9.17) is 5.73 Å². The first-order valence-electron chi connectivity index (χ1n) is 4.13. The Labute approximate surface area is 97.0 Å². The van der Waals surface area contributed by atoms with Gasteiger partial charge in [-0.1, -0.05) is 12.1 Å². The van der Waals surface area contributed by atoms with Gasteiger partial charge in [-0.2, -0.15) is 0 Å². The molecule has 76 valence electrons. The van der Waals surface area contributed by atoms with E-state index in [-0.39, 0.29) is 6.03 Å². The number of nitrogens with two attached hydrogens (primary N) is 1. The van der Waals surface area contributed by atoms with Crippen LogP contribution in [0.3, 0.4) is 0 Å². The predicted octanol–water partition coefficient (Wildman–Crippen LogP) is 1.96. The molecule has 0 fully saturated rings. The molecule has 1 aromatic rings. The number of urea groups is 1. The first-order valence-corrected chi connectivity index (χ1v) is 5.09. The van der Waals surface area contributed by atoms with Crippen LogP contribution in [0.4, 0.5) is 10.5 Å². The van der Waals surface area contributed by atoms with Gasteiger partial charge in [-0.25, -0.2) is 4.79 Å². The summed E-state index contributed by atoms with van der Waals surface area (Å²) < 4.78 is 1.45. The van der Waals surface area contributed by atoms with Gasteiger partial charge in [0.2, 0.25) is 0 Å². The second kappa shape index (κ2) is 5.16. The smallest absolute Gasteiger partial charge is 0.326 e. The Kier molecular flexibility index (Phi) is 4.15. The Bertz CT molecular complexity index is 328. The Hall–Kier alpha value is -0.820. The van der Waals surface area contributed by atoms with Crippen molar-refractivity contribution < 1.29 is 4.79 Å². The number of anilines is 1. The number of nitrogens with zero attached hydrogens (tertiary/aromatic N) is 1. The zero-order valence-corrected chi connectivity index (χ0v) is 9.98. The average molecular weight is 305 g/mol. The molecule has 5 heteroatoms. The van der Waals surface area contributed by atoms with Crippen LogP contribution < -0.4 is 11.1 Å². The lowest BCUT2D eigenvalue weighted by molar-refractivity contribution is 0.245. The van der Waals surface area contributed by atoms with E-state index in [0.29, 0.717) is 6.54 Å². The van der Waals surface area contributed by atoms with Crippen molar-refractivity contribution in [3.63, 3.8) is 0 Å². The zero-order chi connectivity index (χ0) is 10.6. The number of nitrogens with one attached hydrogen (secondary N) is 1. The summed E-state index contributed by atoms with van der Waals surface area (Å²) in [5, 5.41) is 2.74. The van der Waals surface area contributed by atoms with Gasteiger partial charge >= 0.3 is 6.03 Å². The van der Waals surface area contributed by atoms with Crippen molar-refractivity contribution in [1.29, 1.82) is 0 Å². The third-order valence-corrected chi connectivity index (χ3v) is 2.13. The number of amides is 2. The Balaban J connectivity index is 2.72. The molecule has 1 aromatic carbocycles. The summed E-state index contributed by atoms with van der Waals surface area (Å²) in [5.74, 6) is 0. The van der Waals surface area contributed by atoms with Gasteiger partial charge in [0.25, 0.3) is 0 Å². The van der Waals surface area contributed by atoms with Gasteiger partial charge in [0, 0.05) is 19.3 Å². The second-order valence-corrected chi connectivity index (χ2v) is 4.26. The fourth-order valence-corrected chi connectivity index (χ4v) is 1.10. The summed E-state index contributed by atoms with van der Waals surface area (Å²) in [4.78, 5) is 11.3. The minimum atomic E-state index is -0.153. The fraction of sp³-hybridized carbons (Fsp3) is 0.222. The van der Waals surface area contributed by atoms with Crippen LogP contribution in [0, 0.1) is 0 Å². The number of hydrogen-bond donors (Lipinski definition) is 2.